The summed E-state index contributed by atoms with van der Waals surface area (Å²) in [6.07, 6.45) is 3.35. The third-order valence-corrected chi connectivity index (χ3v) is 5.57. The molecule has 5 nitrogen and oxygen atoms in total. The van der Waals surface area contributed by atoms with Crippen LogP contribution < -0.4 is 5.32 Å². The van der Waals surface area contributed by atoms with E-state index in [0.29, 0.717) is 15.6 Å². The molecular formula is C19H15ClN4OS. The molecule has 4 rings (SSSR count). The molecule has 0 spiro atoms. The lowest BCUT2D eigenvalue weighted by Gasteiger charge is -2.06. The highest BCUT2D eigenvalue weighted by Crippen LogP contribution is 2.32. The molecule has 1 amide bonds. The summed E-state index contributed by atoms with van der Waals surface area (Å²) in [7, 11) is 0. The van der Waals surface area contributed by atoms with Gasteiger partial charge in [-0.15, -0.1) is 11.3 Å². The van der Waals surface area contributed by atoms with E-state index in [1.807, 2.05) is 50.2 Å². The maximum absolute atomic E-state index is 12.7. The Kier molecular flexibility index (Phi) is 4.22. The average Bonchev–Trinajstić information content (AvgIpc) is 3.19. The molecule has 0 aliphatic carbocycles. The van der Waals surface area contributed by atoms with E-state index in [1.54, 1.807) is 17.1 Å². The van der Waals surface area contributed by atoms with E-state index in [4.69, 9.17) is 11.6 Å². The quantitative estimate of drug-likeness (QED) is 0.542. The number of nitrogens with zero attached hydrogens (tertiary/aromatic N) is 3. The van der Waals surface area contributed by atoms with Crippen molar-refractivity contribution in [2.45, 2.75) is 13.8 Å². The Morgan fingerprint density at radius 3 is 2.81 bits per heavy atom. The minimum absolute atomic E-state index is 0.160. The molecule has 0 aliphatic rings. The molecule has 4 aromatic rings. The zero-order valence-electron chi connectivity index (χ0n) is 14.2. The number of anilines is 1. The van der Waals surface area contributed by atoms with Crippen molar-refractivity contribution in [1.29, 1.82) is 0 Å². The SMILES string of the molecule is Cc1ccncc1NC(=O)c1cc2c(C)nn(-c3ccccc3Cl)c2s1. The van der Waals surface area contributed by atoms with E-state index in [0.717, 1.165) is 27.2 Å². The molecule has 0 bridgehead atoms. The van der Waals surface area contributed by atoms with E-state index in [-0.39, 0.29) is 5.91 Å². The van der Waals surface area contributed by atoms with Crippen molar-refractivity contribution in [3.05, 3.63) is 69.9 Å². The molecule has 3 heterocycles. The zero-order valence-corrected chi connectivity index (χ0v) is 15.7. The number of amides is 1. The molecule has 0 radical (unpaired) electrons. The van der Waals surface area contributed by atoms with Crippen molar-refractivity contribution < 1.29 is 4.79 Å². The van der Waals surface area contributed by atoms with Crippen LogP contribution in [0.2, 0.25) is 5.02 Å². The lowest BCUT2D eigenvalue weighted by molar-refractivity contribution is 0.103. The third kappa shape index (κ3) is 2.87. The van der Waals surface area contributed by atoms with Gasteiger partial charge in [0.05, 0.1) is 33.2 Å². The van der Waals surface area contributed by atoms with Gasteiger partial charge >= 0.3 is 0 Å². The van der Waals surface area contributed by atoms with Gasteiger partial charge in [0, 0.05) is 11.6 Å². The normalized spacial score (nSPS) is 11.0. The second-order valence-electron chi connectivity index (χ2n) is 5.92. The largest absolute Gasteiger partial charge is 0.320 e. The number of fused-ring (bicyclic) bond motifs is 1. The van der Waals surface area contributed by atoms with Crippen LogP contribution in [0.25, 0.3) is 15.9 Å². The fourth-order valence-corrected chi connectivity index (χ4v) is 4.01. The number of benzene rings is 1. The van der Waals surface area contributed by atoms with E-state index < -0.39 is 0 Å². The summed E-state index contributed by atoms with van der Waals surface area (Å²) in [6.45, 7) is 3.86. The Hall–Kier alpha value is -2.70. The van der Waals surface area contributed by atoms with Crippen LogP contribution in [0.15, 0.2) is 48.8 Å². The predicted octanol–water partition coefficient (Wildman–Crippen LogP) is 5.00. The number of rotatable bonds is 3. The first-order valence-electron chi connectivity index (χ1n) is 8.00. The second-order valence-corrected chi connectivity index (χ2v) is 7.36. The van der Waals surface area contributed by atoms with Crippen LogP contribution in [0, 0.1) is 13.8 Å². The highest BCUT2D eigenvalue weighted by Gasteiger charge is 2.18. The molecular weight excluding hydrogens is 368 g/mol. The number of hydrogen-bond acceptors (Lipinski definition) is 4. The lowest BCUT2D eigenvalue weighted by atomic mass is 10.2. The number of nitrogens with one attached hydrogen (secondary N) is 1. The van der Waals surface area contributed by atoms with Crippen LogP contribution in [-0.4, -0.2) is 20.7 Å². The number of hydrogen-bond donors (Lipinski definition) is 1. The molecule has 7 heteroatoms. The van der Waals surface area contributed by atoms with Gasteiger partial charge in [0.1, 0.15) is 4.83 Å². The molecule has 0 unspecified atom stereocenters. The molecule has 26 heavy (non-hydrogen) atoms. The first-order chi connectivity index (χ1) is 12.5. The number of carbonyl (C=O) groups excluding carboxylic acids is 1. The highest BCUT2D eigenvalue weighted by molar-refractivity contribution is 7.20. The van der Waals surface area contributed by atoms with Crippen LogP contribution in [-0.2, 0) is 0 Å². The van der Waals surface area contributed by atoms with Gasteiger partial charge in [-0.2, -0.15) is 5.10 Å². The molecule has 1 aromatic carbocycles. The van der Waals surface area contributed by atoms with Gasteiger partial charge in [-0.1, -0.05) is 23.7 Å². The van der Waals surface area contributed by atoms with Crippen molar-refractivity contribution in [1.82, 2.24) is 14.8 Å². The minimum Gasteiger partial charge on any atom is -0.320 e. The molecule has 1 N–H and O–H groups in total. The van der Waals surface area contributed by atoms with Crippen molar-refractivity contribution in [2.24, 2.45) is 0 Å². The predicted molar refractivity (Wildman–Crippen MR) is 106 cm³/mol. The number of aryl methyl sites for hydroxylation is 2. The Bertz CT molecular complexity index is 1130. The first-order valence-corrected chi connectivity index (χ1v) is 9.20. The van der Waals surface area contributed by atoms with Crippen LogP contribution in [0.5, 0.6) is 0 Å². The Balaban J connectivity index is 1.75. The fourth-order valence-electron chi connectivity index (χ4n) is 2.72. The maximum atomic E-state index is 12.7. The summed E-state index contributed by atoms with van der Waals surface area (Å²) < 4.78 is 1.80. The Morgan fingerprint density at radius 2 is 2.04 bits per heavy atom. The summed E-state index contributed by atoms with van der Waals surface area (Å²) in [6, 6.07) is 11.3. The van der Waals surface area contributed by atoms with Crippen LogP contribution in [0.3, 0.4) is 0 Å². The van der Waals surface area contributed by atoms with Crippen molar-refractivity contribution in [3.8, 4) is 5.69 Å². The monoisotopic (exact) mass is 382 g/mol. The third-order valence-electron chi connectivity index (χ3n) is 4.14. The Morgan fingerprint density at radius 1 is 1.23 bits per heavy atom. The van der Waals surface area contributed by atoms with Crippen molar-refractivity contribution in [2.75, 3.05) is 5.32 Å². The molecule has 0 aliphatic heterocycles. The number of pyridine rings is 1. The summed E-state index contributed by atoms with van der Waals surface area (Å²) in [5.74, 6) is -0.160. The highest BCUT2D eigenvalue weighted by atomic mass is 35.5. The molecule has 130 valence electrons. The number of halogens is 1. The van der Waals surface area contributed by atoms with Gasteiger partial charge in [-0.3, -0.25) is 9.78 Å². The molecule has 0 atom stereocenters. The van der Waals surface area contributed by atoms with Gasteiger partial charge < -0.3 is 5.32 Å². The van der Waals surface area contributed by atoms with Crippen LogP contribution in [0.1, 0.15) is 20.9 Å². The number of thiophene rings is 1. The average molecular weight is 383 g/mol. The van der Waals surface area contributed by atoms with Crippen molar-refractivity contribution >= 4 is 44.7 Å². The molecule has 0 saturated carbocycles. The fraction of sp³-hybridized carbons (Fsp3) is 0.105. The summed E-state index contributed by atoms with van der Waals surface area (Å²) in [5, 5.41) is 9.06. The molecule has 0 saturated heterocycles. The van der Waals surface area contributed by atoms with Gasteiger partial charge in [0.25, 0.3) is 5.91 Å². The minimum atomic E-state index is -0.160. The van der Waals surface area contributed by atoms with Gasteiger partial charge in [-0.25, -0.2) is 4.68 Å². The van der Waals surface area contributed by atoms with E-state index in [1.165, 1.54) is 11.3 Å². The maximum Gasteiger partial charge on any atom is 0.265 e. The molecule has 3 aromatic heterocycles. The summed E-state index contributed by atoms with van der Waals surface area (Å²) >= 11 is 7.71. The van der Waals surface area contributed by atoms with Crippen LogP contribution in [0.4, 0.5) is 5.69 Å². The second kappa shape index (κ2) is 6.55. The summed E-state index contributed by atoms with van der Waals surface area (Å²) in [4.78, 5) is 18.2. The van der Waals surface area contributed by atoms with Gasteiger partial charge in [0.15, 0.2) is 0 Å². The zero-order chi connectivity index (χ0) is 18.3. The van der Waals surface area contributed by atoms with Gasteiger partial charge in [-0.05, 0) is 43.7 Å². The summed E-state index contributed by atoms with van der Waals surface area (Å²) in [5.41, 5.74) is 3.32. The smallest absolute Gasteiger partial charge is 0.265 e. The number of para-hydroxylation sites is 1. The van der Waals surface area contributed by atoms with E-state index >= 15 is 0 Å². The van der Waals surface area contributed by atoms with Crippen LogP contribution >= 0.6 is 22.9 Å². The molecule has 0 fully saturated rings. The van der Waals surface area contributed by atoms with E-state index in [2.05, 4.69) is 15.4 Å². The topological polar surface area (TPSA) is 59.8 Å². The number of carbonyl (C=O) groups is 1. The lowest BCUT2D eigenvalue weighted by Crippen LogP contribution is -2.11. The first kappa shape index (κ1) is 16.8. The van der Waals surface area contributed by atoms with Crippen molar-refractivity contribution in [3.63, 3.8) is 0 Å². The van der Waals surface area contributed by atoms with E-state index in [9.17, 15) is 4.79 Å². The standard InChI is InChI=1S/C19H15ClN4OS/c1-11-7-8-21-10-15(11)22-18(25)17-9-13-12(2)23-24(19(13)26-17)16-6-4-3-5-14(16)20/h3-10H,1-2H3,(H,22,25). The number of aromatic nitrogens is 3. The van der Waals surface area contributed by atoms with Gasteiger partial charge in [0.2, 0.25) is 0 Å². The Labute approximate surface area is 159 Å².